The molecule has 2 nitrogen and oxygen atoms in total. The van der Waals surface area contributed by atoms with Crippen molar-refractivity contribution in [2.75, 3.05) is 5.33 Å². The van der Waals surface area contributed by atoms with Crippen LogP contribution in [0.5, 0.6) is 0 Å². The quantitative estimate of drug-likeness (QED) is 0.188. The summed E-state index contributed by atoms with van der Waals surface area (Å²) in [4.78, 5) is 11.7. The summed E-state index contributed by atoms with van der Waals surface area (Å²) in [5.74, 6) is 1.27. The first-order chi connectivity index (χ1) is 12.0. The summed E-state index contributed by atoms with van der Waals surface area (Å²) in [6, 6.07) is 0. The maximum atomic E-state index is 11.7. The highest BCUT2D eigenvalue weighted by Crippen LogP contribution is 2.53. The maximum Gasteiger partial charge on any atom is 0.241 e. The van der Waals surface area contributed by atoms with Crippen molar-refractivity contribution in [1.82, 2.24) is 0 Å². The number of carbonyl (C=O) groups excluding carboxylic acids is 1. The van der Waals surface area contributed by atoms with Gasteiger partial charge in [-0.2, -0.15) is 0 Å². The molecule has 0 spiro atoms. The summed E-state index contributed by atoms with van der Waals surface area (Å²) in [5.41, 5.74) is 0.0331. The monoisotopic (exact) mass is 454 g/mol. The molecular weight excluding hydrogens is 416 g/mol. The molecule has 0 aliphatic heterocycles. The molecule has 4 heteroatoms. The molecule has 0 aromatic rings. The zero-order chi connectivity index (χ0) is 21.3. The van der Waals surface area contributed by atoms with Crippen LogP contribution in [0.25, 0.3) is 0 Å². The van der Waals surface area contributed by atoms with Gasteiger partial charge in [0.2, 0.25) is 8.32 Å². The molecule has 0 fully saturated rings. The van der Waals surface area contributed by atoms with Crippen LogP contribution in [0.4, 0.5) is 0 Å². The van der Waals surface area contributed by atoms with Gasteiger partial charge in [-0.15, -0.1) is 0 Å². The predicted molar refractivity (Wildman–Crippen MR) is 124 cm³/mol. The highest BCUT2D eigenvalue weighted by atomic mass is 79.9. The molecule has 0 saturated carbocycles. The average molecular weight is 456 g/mol. The van der Waals surface area contributed by atoms with E-state index in [1.54, 1.807) is 0 Å². The van der Waals surface area contributed by atoms with Crippen molar-refractivity contribution in [2.24, 2.45) is 21.7 Å². The molecule has 0 N–H and O–H groups in total. The summed E-state index contributed by atoms with van der Waals surface area (Å²) >= 11 is 3.23. The van der Waals surface area contributed by atoms with Crippen molar-refractivity contribution in [1.29, 1.82) is 0 Å². The van der Waals surface area contributed by atoms with Crippen molar-refractivity contribution < 1.29 is 9.22 Å². The molecule has 0 unspecified atom stereocenters. The molecule has 2 aliphatic carbocycles. The van der Waals surface area contributed by atoms with Gasteiger partial charge >= 0.3 is 0 Å². The van der Waals surface area contributed by atoms with Gasteiger partial charge in [-0.25, -0.2) is 0 Å². The summed E-state index contributed by atoms with van der Waals surface area (Å²) < 4.78 is 6.06. The van der Waals surface area contributed by atoms with Crippen LogP contribution in [0.15, 0.2) is 36.6 Å². The smallest absolute Gasteiger partial charge is 0.241 e. The minimum absolute atomic E-state index is 0.0118. The fraction of sp³-hybridized carbons (Fsp3) is 0.696. The van der Waals surface area contributed by atoms with Gasteiger partial charge in [-0.1, -0.05) is 88.4 Å². The van der Waals surface area contributed by atoms with Crippen molar-refractivity contribution in [3.05, 3.63) is 36.6 Å². The van der Waals surface area contributed by atoms with Crippen LogP contribution < -0.4 is 0 Å². The van der Waals surface area contributed by atoms with Crippen molar-refractivity contribution in [2.45, 2.75) is 74.0 Å². The number of carbonyl (C=O) groups is 1. The highest BCUT2D eigenvalue weighted by molar-refractivity contribution is 9.09. The van der Waals surface area contributed by atoms with Crippen LogP contribution in [0.3, 0.4) is 0 Å². The molecule has 2 atom stereocenters. The Morgan fingerprint density at radius 1 is 0.963 bits per heavy atom. The number of hydrogen-bond donors (Lipinski definition) is 0. The summed E-state index contributed by atoms with van der Waals surface area (Å²) in [6.07, 6.45) is 10.7. The third kappa shape index (κ3) is 5.06. The molecule has 0 aromatic carbocycles. The van der Waals surface area contributed by atoms with Gasteiger partial charge in [0.05, 0.1) is 11.1 Å². The van der Waals surface area contributed by atoms with Gasteiger partial charge in [0, 0.05) is 10.8 Å². The highest BCUT2D eigenvalue weighted by Gasteiger charge is 2.47. The van der Waals surface area contributed by atoms with Crippen LogP contribution in [-0.2, 0) is 9.22 Å². The van der Waals surface area contributed by atoms with E-state index in [1.165, 1.54) is 0 Å². The Kier molecular flexibility index (Phi) is 7.26. The fourth-order valence-electron chi connectivity index (χ4n) is 3.65. The van der Waals surface area contributed by atoms with Gasteiger partial charge in [-0.3, -0.25) is 4.79 Å². The Morgan fingerprint density at radius 3 is 1.67 bits per heavy atom. The number of Topliss-reactive ketones (excluding diaryl/α,β-unsaturated/α-hetero) is 1. The number of allylic oxidation sites excluding steroid dienone is 5. The van der Waals surface area contributed by atoms with Crippen LogP contribution in [0.1, 0.15) is 54.4 Å². The van der Waals surface area contributed by atoms with Crippen molar-refractivity contribution in [3.63, 3.8) is 0 Å². The molecule has 2 rings (SSSR count). The van der Waals surface area contributed by atoms with Crippen molar-refractivity contribution >= 4 is 30.0 Å². The first-order valence-electron chi connectivity index (χ1n) is 9.85. The van der Waals surface area contributed by atoms with E-state index >= 15 is 0 Å². The lowest BCUT2D eigenvalue weighted by atomic mass is 9.67. The van der Waals surface area contributed by atoms with E-state index in [9.17, 15) is 4.79 Å². The lowest BCUT2D eigenvalue weighted by Gasteiger charge is -2.41. The molecular formula is C23H39BrO2Si. The lowest BCUT2D eigenvalue weighted by molar-refractivity contribution is -0.128. The Hall–Kier alpha value is -0.613. The van der Waals surface area contributed by atoms with Crippen LogP contribution >= 0.6 is 15.9 Å². The van der Waals surface area contributed by atoms with E-state index in [0.717, 1.165) is 18.6 Å². The minimum Gasteiger partial charge on any atom is -0.547 e. The van der Waals surface area contributed by atoms with Crippen LogP contribution in [0.2, 0.25) is 19.6 Å². The Morgan fingerprint density at radius 2 is 1.37 bits per heavy atom. The first-order valence-corrected chi connectivity index (χ1v) is 14.4. The standard InChI is InChI=1S/C13H24OSi.C10H15BrO/c1-11(14-15(5,6)7)13(4)10-8-9-12(13,2)3;1-9(2)5-4-6-10(9,3)8(12)7-11/h8-9H,1,10H2,2-7H3;4-5H,6-7H2,1-3H3/t13-;10-/m11/s1. The minimum atomic E-state index is -1.52. The van der Waals surface area contributed by atoms with E-state index in [-0.39, 0.29) is 21.7 Å². The van der Waals surface area contributed by atoms with Gasteiger partial charge in [0.15, 0.2) is 0 Å². The second kappa shape index (κ2) is 8.02. The number of hydrogen-bond acceptors (Lipinski definition) is 2. The number of ketones is 1. The number of alkyl halides is 1. The zero-order valence-electron chi connectivity index (χ0n) is 18.8. The molecule has 0 aromatic heterocycles. The Bertz CT molecular complexity index is 639. The molecule has 154 valence electrons. The topological polar surface area (TPSA) is 26.3 Å². The third-order valence-electron chi connectivity index (χ3n) is 6.75. The normalized spacial score (nSPS) is 30.6. The SMILES string of the molecule is C=C(O[Si](C)(C)C)[C@@]1(C)CC=CC1(C)C.CC1(C)C=CC[C@]1(C)C(=O)CBr. The summed E-state index contributed by atoms with van der Waals surface area (Å²) in [6.45, 7) is 23.9. The van der Waals surface area contributed by atoms with E-state index < -0.39 is 8.32 Å². The van der Waals surface area contributed by atoms with E-state index in [1.807, 2.05) is 0 Å². The molecule has 0 heterocycles. The van der Waals surface area contributed by atoms with Gasteiger partial charge in [-0.05, 0) is 43.3 Å². The number of halogens is 1. The zero-order valence-corrected chi connectivity index (χ0v) is 21.4. The molecule has 27 heavy (non-hydrogen) atoms. The predicted octanol–water partition coefficient (Wildman–Crippen LogP) is 7.29. The van der Waals surface area contributed by atoms with Crippen LogP contribution in [0, 0.1) is 21.7 Å². The number of rotatable bonds is 5. The van der Waals surface area contributed by atoms with E-state index in [4.69, 9.17) is 4.43 Å². The molecule has 0 saturated heterocycles. The fourth-order valence-corrected chi connectivity index (χ4v) is 5.23. The Labute approximate surface area is 176 Å². The first kappa shape index (κ1) is 24.4. The lowest BCUT2D eigenvalue weighted by Crippen LogP contribution is -2.38. The second-order valence-corrected chi connectivity index (χ2v) is 15.5. The van der Waals surface area contributed by atoms with Crippen LogP contribution in [-0.4, -0.2) is 19.4 Å². The molecule has 2 aliphatic rings. The van der Waals surface area contributed by atoms with E-state index in [0.29, 0.717) is 11.1 Å². The average Bonchev–Trinajstić information content (AvgIpc) is 2.94. The Balaban J connectivity index is 0.000000277. The molecule has 0 radical (unpaired) electrons. The third-order valence-corrected chi connectivity index (χ3v) is 8.12. The van der Waals surface area contributed by atoms with E-state index in [2.05, 4.69) is 108 Å². The van der Waals surface area contributed by atoms with Gasteiger partial charge < -0.3 is 4.43 Å². The maximum absolute atomic E-state index is 11.7. The largest absolute Gasteiger partial charge is 0.547 e. The molecule has 0 amide bonds. The van der Waals surface area contributed by atoms with Gasteiger partial charge in [0.25, 0.3) is 0 Å². The summed E-state index contributed by atoms with van der Waals surface area (Å²) in [7, 11) is -1.52. The van der Waals surface area contributed by atoms with Crippen molar-refractivity contribution in [3.8, 4) is 0 Å². The second-order valence-electron chi connectivity index (χ2n) is 10.5. The molecule has 0 bridgehead atoms. The summed E-state index contributed by atoms with van der Waals surface area (Å²) in [5, 5.41) is 0.467. The van der Waals surface area contributed by atoms with Gasteiger partial charge in [0.1, 0.15) is 5.78 Å².